The van der Waals surface area contributed by atoms with E-state index in [1.807, 2.05) is 0 Å². The highest BCUT2D eigenvalue weighted by atomic mass is 32.2. The zero-order chi connectivity index (χ0) is 16.2. The van der Waals surface area contributed by atoms with Crippen LogP contribution in [0.25, 0.3) is 0 Å². The van der Waals surface area contributed by atoms with Crippen molar-refractivity contribution in [1.29, 1.82) is 0 Å². The van der Waals surface area contributed by atoms with Crippen LogP contribution in [0, 0.1) is 10.1 Å². The number of sulfonamides is 1. The molecule has 1 atom stereocenters. The summed E-state index contributed by atoms with van der Waals surface area (Å²) < 4.78 is 26.4. The minimum atomic E-state index is -4.27. The largest absolute Gasteiger partial charge is 0.358 e. The molecule has 21 heavy (non-hydrogen) atoms. The fourth-order valence-electron chi connectivity index (χ4n) is 1.54. The maximum atomic E-state index is 12.2. The number of likely N-dealkylation sites (N-methyl/N-ethyl adjacent to an activating group) is 1. The molecule has 1 aromatic rings. The van der Waals surface area contributed by atoms with Gasteiger partial charge in [0, 0.05) is 13.1 Å². The van der Waals surface area contributed by atoms with Crippen molar-refractivity contribution in [3.05, 3.63) is 28.3 Å². The predicted molar refractivity (Wildman–Crippen MR) is 74.8 cm³/mol. The van der Waals surface area contributed by atoms with Gasteiger partial charge in [-0.05, 0) is 19.1 Å². The molecule has 0 aliphatic heterocycles. The fraction of sp³-hybridized carbons (Fsp3) is 0.300. The molecule has 1 rings (SSSR count). The Labute approximate surface area is 120 Å². The van der Waals surface area contributed by atoms with E-state index in [2.05, 4.69) is 15.5 Å². The monoisotopic (exact) mass is 317 g/mol. The number of amides is 1. The fourth-order valence-corrected chi connectivity index (χ4v) is 2.94. The van der Waals surface area contributed by atoms with Crippen LogP contribution in [-0.2, 0) is 14.8 Å². The molecule has 0 radical (unpaired) electrons. The Kier molecular flexibility index (Phi) is 5.18. The minimum absolute atomic E-state index is 0.175. The number of rotatable bonds is 6. The molecule has 0 aliphatic carbocycles. The van der Waals surface area contributed by atoms with E-state index in [1.54, 1.807) is 0 Å². The first-order valence-electron chi connectivity index (χ1n) is 5.72. The van der Waals surface area contributed by atoms with Crippen molar-refractivity contribution in [3.8, 4) is 0 Å². The number of anilines is 1. The molecular formula is C10H15N5O5S. The molecule has 1 aromatic carbocycles. The van der Waals surface area contributed by atoms with Crippen LogP contribution in [0.15, 0.2) is 23.1 Å². The summed E-state index contributed by atoms with van der Waals surface area (Å²) in [5.74, 6) is 4.59. The number of nitrogens with two attached hydrogens (primary N) is 1. The molecule has 116 valence electrons. The number of nitro benzene ring substituents is 1. The van der Waals surface area contributed by atoms with Gasteiger partial charge in [-0.2, -0.15) is 4.72 Å². The van der Waals surface area contributed by atoms with Gasteiger partial charge in [0.25, 0.3) is 5.69 Å². The van der Waals surface area contributed by atoms with Crippen LogP contribution in [0.1, 0.15) is 6.92 Å². The van der Waals surface area contributed by atoms with E-state index in [-0.39, 0.29) is 5.69 Å². The van der Waals surface area contributed by atoms with E-state index >= 15 is 0 Å². The van der Waals surface area contributed by atoms with Gasteiger partial charge >= 0.3 is 0 Å². The number of carbonyl (C=O) groups is 1. The van der Waals surface area contributed by atoms with Gasteiger partial charge in [0.2, 0.25) is 15.9 Å². The summed E-state index contributed by atoms with van der Waals surface area (Å²) in [6.07, 6.45) is 0. The van der Waals surface area contributed by atoms with Crippen LogP contribution in [0.3, 0.4) is 0 Å². The highest BCUT2D eigenvalue weighted by Crippen LogP contribution is 2.26. The number of nitro groups is 1. The average molecular weight is 317 g/mol. The molecule has 10 nitrogen and oxygen atoms in total. The number of benzene rings is 1. The molecule has 0 aromatic heterocycles. The van der Waals surface area contributed by atoms with E-state index in [4.69, 9.17) is 5.84 Å². The molecule has 1 amide bonds. The number of carbonyl (C=O) groups excluding carboxylic acids is 1. The predicted octanol–water partition coefficient (Wildman–Crippen LogP) is -0.707. The van der Waals surface area contributed by atoms with Gasteiger partial charge in [0.15, 0.2) is 4.90 Å². The first kappa shape index (κ1) is 16.8. The van der Waals surface area contributed by atoms with E-state index in [9.17, 15) is 23.3 Å². The smallest absolute Gasteiger partial charge is 0.289 e. The Morgan fingerprint density at radius 3 is 2.52 bits per heavy atom. The van der Waals surface area contributed by atoms with E-state index in [1.165, 1.54) is 20.0 Å². The third-order valence-corrected chi connectivity index (χ3v) is 4.15. The quantitative estimate of drug-likeness (QED) is 0.307. The third kappa shape index (κ3) is 3.87. The molecule has 0 fully saturated rings. The summed E-state index contributed by atoms with van der Waals surface area (Å²) in [5.41, 5.74) is 1.75. The summed E-state index contributed by atoms with van der Waals surface area (Å²) in [7, 11) is -2.93. The standard InChI is InChI=1S/C10H15N5O5S/c1-6(10(16)12-2)14-21(19,20)9-5-7(13-11)3-4-8(9)15(17)18/h3-6,13-14H,11H2,1-2H3,(H,12,16). The van der Waals surface area contributed by atoms with Crippen molar-refractivity contribution in [3.63, 3.8) is 0 Å². The molecule has 0 heterocycles. The molecule has 1 unspecified atom stereocenters. The van der Waals surface area contributed by atoms with Crippen molar-refractivity contribution in [2.75, 3.05) is 12.5 Å². The second-order valence-electron chi connectivity index (χ2n) is 4.04. The van der Waals surface area contributed by atoms with Crippen molar-refractivity contribution < 1.29 is 18.1 Å². The van der Waals surface area contributed by atoms with Crippen LogP contribution < -0.4 is 21.3 Å². The van der Waals surface area contributed by atoms with Crippen LogP contribution in [0.5, 0.6) is 0 Å². The summed E-state index contributed by atoms with van der Waals surface area (Å²) in [5, 5.41) is 13.2. The van der Waals surface area contributed by atoms with Gasteiger partial charge < -0.3 is 10.7 Å². The number of nitrogens with zero attached hydrogens (tertiary/aromatic N) is 1. The molecule has 0 aliphatic rings. The third-order valence-electron chi connectivity index (χ3n) is 2.58. The summed E-state index contributed by atoms with van der Waals surface area (Å²) in [4.78, 5) is 20.9. The summed E-state index contributed by atoms with van der Waals surface area (Å²) in [6, 6.07) is 2.19. The van der Waals surface area contributed by atoms with Crippen molar-refractivity contribution in [2.45, 2.75) is 17.9 Å². The van der Waals surface area contributed by atoms with E-state index in [0.29, 0.717) is 0 Å². The lowest BCUT2D eigenvalue weighted by Gasteiger charge is -2.13. The lowest BCUT2D eigenvalue weighted by molar-refractivity contribution is -0.387. The number of nitrogen functional groups attached to an aromatic ring is 1. The maximum absolute atomic E-state index is 12.2. The molecule has 0 saturated carbocycles. The Morgan fingerprint density at radius 2 is 2.05 bits per heavy atom. The second kappa shape index (κ2) is 6.47. The minimum Gasteiger partial charge on any atom is -0.358 e. The van der Waals surface area contributed by atoms with Gasteiger partial charge in [0.05, 0.1) is 16.7 Å². The van der Waals surface area contributed by atoms with E-state index < -0.39 is 37.5 Å². The number of hydrogen-bond donors (Lipinski definition) is 4. The Balaban J connectivity index is 3.29. The van der Waals surface area contributed by atoms with Gasteiger partial charge in [-0.15, -0.1) is 0 Å². The Bertz CT molecular complexity index is 660. The number of hydrogen-bond acceptors (Lipinski definition) is 7. The molecule has 5 N–H and O–H groups in total. The normalized spacial score (nSPS) is 12.5. The van der Waals surface area contributed by atoms with Crippen molar-refractivity contribution in [1.82, 2.24) is 10.0 Å². The summed E-state index contributed by atoms with van der Waals surface area (Å²) >= 11 is 0. The van der Waals surface area contributed by atoms with Crippen molar-refractivity contribution >= 4 is 27.3 Å². The molecule has 11 heteroatoms. The Hall–Kier alpha value is -2.24. The Morgan fingerprint density at radius 1 is 1.43 bits per heavy atom. The zero-order valence-electron chi connectivity index (χ0n) is 11.3. The van der Waals surface area contributed by atoms with Crippen LogP contribution in [0.4, 0.5) is 11.4 Å². The highest BCUT2D eigenvalue weighted by molar-refractivity contribution is 7.89. The first-order chi connectivity index (χ1) is 9.72. The van der Waals surface area contributed by atoms with Crippen molar-refractivity contribution in [2.24, 2.45) is 5.84 Å². The molecule has 0 saturated heterocycles. The number of hydrazine groups is 1. The van der Waals surface area contributed by atoms with Crippen LogP contribution >= 0.6 is 0 Å². The van der Waals surface area contributed by atoms with Gasteiger partial charge in [-0.25, -0.2) is 8.42 Å². The van der Waals surface area contributed by atoms with E-state index in [0.717, 1.165) is 12.1 Å². The van der Waals surface area contributed by atoms with Crippen LogP contribution in [0.2, 0.25) is 0 Å². The summed E-state index contributed by atoms with van der Waals surface area (Å²) in [6.45, 7) is 1.31. The topological polar surface area (TPSA) is 156 Å². The van der Waals surface area contributed by atoms with Gasteiger partial charge in [0.1, 0.15) is 0 Å². The lowest BCUT2D eigenvalue weighted by Crippen LogP contribution is -2.43. The van der Waals surface area contributed by atoms with Gasteiger partial charge in [-0.3, -0.25) is 20.8 Å². The molecular weight excluding hydrogens is 302 g/mol. The van der Waals surface area contributed by atoms with Gasteiger partial charge in [-0.1, -0.05) is 0 Å². The maximum Gasteiger partial charge on any atom is 0.289 e. The SMILES string of the molecule is CNC(=O)C(C)NS(=O)(=O)c1cc(NN)ccc1[N+](=O)[O-]. The zero-order valence-corrected chi connectivity index (χ0v) is 12.1. The molecule has 0 bridgehead atoms. The average Bonchev–Trinajstić information content (AvgIpc) is 2.44. The molecule has 0 spiro atoms. The van der Waals surface area contributed by atoms with Crippen LogP contribution in [-0.4, -0.2) is 32.3 Å². The number of nitrogens with one attached hydrogen (secondary N) is 3. The highest BCUT2D eigenvalue weighted by Gasteiger charge is 2.29. The lowest BCUT2D eigenvalue weighted by atomic mass is 10.3. The second-order valence-corrected chi connectivity index (χ2v) is 5.72. The first-order valence-corrected chi connectivity index (χ1v) is 7.20.